The minimum Gasteiger partial charge on any atom is -0.478 e. The molecule has 1 aromatic heterocycles. The summed E-state index contributed by atoms with van der Waals surface area (Å²) in [6.07, 6.45) is 1.59. The average molecular weight is 521 g/mol. The first-order valence-electron chi connectivity index (χ1n) is 8.50. The van der Waals surface area contributed by atoms with E-state index in [4.69, 9.17) is 28.2 Å². The van der Waals surface area contributed by atoms with E-state index in [9.17, 15) is 14.7 Å². The molecule has 1 saturated heterocycles. The Balaban J connectivity index is 1.64. The average Bonchev–Trinajstić information content (AvgIpc) is 3.29. The largest absolute Gasteiger partial charge is 0.478 e. The van der Waals surface area contributed by atoms with E-state index < -0.39 is 5.97 Å². The molecular weight excluding hydrogens is 510 g/mol. The number of carboxylic acids is 1. The van der Waals surface area contributed by atoms with Gasteiger partial charge in [-0.25, -0.2) is 4.79 Å². The molecule has 1 aliphatic heterocycles. The number of nitrogens with zero attached hydrogens (tertiary/aromatic N) is 1. The molecular formula is C21H11BrClNO4S2. The molecule has 1 aliphatic rings. The van der Waals surface area contributed by atoms with E-state index >= 15 is 0 Å². The van der Waals surface area contributed by atoms with Gasteiger partial charge in [0, 0.05) is 16.1 Å². The third kappa shape index (κ3) is 3.96. The van der Waals surface area contributed by atoms with Crippen LogP contribution in [0.3, 0.4) is 0 Å². The van der Waals surface area contributed by atoms with Crippen LogP contribution in [0.25, 0.3) is 17.4 Å². The molecule has 9 heteroatoms. The van der Waals surface area contributed by atoms with Gasteiger partial charge in [0.1, 0.15) is 11.5 Å². The molecule has 4 rings (SSSR count). The zero-order valence-electron chi connectivity index (χ0n) is 15.0. The van der Waals surface area contributed by atoms with Crippen molar-refractivity contribution >= 4 is 79.5 Å². The number of thiocarbonyl (C=S) groups is 1. The van der Waals surface area contributed by atoms with E-state index in [0.29, 0.717) is 37.0 Å². The number of hydrogen-bond acceptors (Lipinski definition) is 5. The lowest BCUT2D eigenvalue weighted by atomic mass is 10.1. The van der Waals surface area contributed by atoms with E-state index in [2.05, 4.69) is 15.9 Å². The van der Waals surface area contributed by atoms with Gasteiger partial charge in [-0.05, 0) is 52.3 Å². The number of halogens is 2. The number of carbonyl (C=O) groups excluding carboxylic acids is 1. The van der Waals surface area contributed by atoms with E-state index in [-0.39, 0.29) is 11.5 Å². The normalized spacial score (nSPS) is 15.3. The van der Waals surface area contributed by atoms with Gasteiger partial charge in [0.25, 0.3) is 5.91 Å². The number of anilines is 1. The fourth-order valence-corrected chi connectivity index (χ4v) is 4.60. The Hall–Kier alpha value is -2.39. The number of furan rings is 1. The molecule has 3 aromatic rings. The first kappa shape index (κ1) is 20.9. The van der Waals surface area contributed by atoms with Crippen molar-refractivity contribution in [2.24, 2.45) is 0 Å². The maximum absolute atomic E-state index is 12.9. The second-order valence-electron chi connectivity index (χ2n) is 6.17. The molecule has 0 radical (unpaired) electrons. The quantitative estimate of drug-likeness (QED) is 0.314. The number of thioether (sulfide) groups is 1. The van der Waals surface area contributed by atoms with E-state index in [1.54, 1.807) is 54.6 Å². The van der Waals surface area contributed by atoms with Crippen molar-refractivity contribution in [1.29, 1.82) is 0 Å². The maximum Gasteiger partial charge on any atom is 0.336 e. The molecule has 0 unspecified atom stereocenters. The lowest BCUT2D eigenvalue weighted by molar-refractivity contribution is -0.113. The van der Waals surface area contributed by atoms with Gasteiger partial charge in [0.2, 0.25) is 0 Å². The molecule has 0 bridgehead atoms. The first-order valence-corrected chi connectivity index (χ1v) is 10.9. The van der Waals surface area contributed by atoms with Gasteiger partial charge in [0.15, 0.2) is 4.32 Å². The number of benzene rings is 2. The Labute approximate surface area is 194 Å². The van der Waals surface area contributed by atoms with Crippen molar-refractivity contribution in [3.8, 4) is 11.3 Å². The lowest BCUT2D eigenvalue weighted by Gasteiger charge is -2.15. The van der Waals surface area contributed by atoms with Crippen molar-refractivity contribution in [1.82, 2.24) is 0 Å². The molecule has 1 N–H and O–H groups in total. The predicted molar refractivity (Wildman–Crippen MR) is 126 cm³/mol. The Morgan fingerprint density at radius 3 is 2.70 bits per heavy atom. The molecule has 0 atom stereocenters. The smallest absolute Gasteiger partial charge is 0.336 e. The lowest BCUT2D eigenvalue weighted by Crippen LogP contribution is -2.27. The standard InChI is InChI=1S/C21H11BrClNO4S2/c22-15-7-5-11(9-16(15)23)24-19(25)18(30-21(24)29)10-12-6-8-17(28-12)13-3-1-2-4-14(13)20(26)27/h1-10H,(H,26,27)/b18-10-. The molecule has 0 spiro atoms. The van der Waals surface area contributed by atoms with Gasteiger partial charge in [-0.2, -0.15) is 0 Å². The predicted octanol–water partition coefficient (Wildman–Crippen LogP) is 6.47. The van der Waals surface area contributed by atoms with Crippen LogP contribution < -0.4 is 4.90 Å². The van der Waals surface area contributed by atoms with Gasteiger partial charge >= 0.3 is 5.97 Å². The van der Waals surface area contributed by atoms with E-state index in [0.717, 1.165) is 16.2 Å². The summed E-state index contributed by atoms with van der Waals surface area (Å²) in [5.41, 5.74) is 1.17. The van der Waals surface area contributed by atoms with Gasteiger partial charge in [-0.1, -0.05) is 53.8 Å². The van der Waals surface area contributed by atoms with Crippen LogP contribution in [0.1, 0.15) is 16.1 Å². The summed E-state index contributed by atoms with van der Waals surface area (Å²) in [5, 5.41) is 9.84. The zero-order valence-corrected chi connectivity index (χ0v) is 18.9. The number of carboxylic acid groups (broad SMARTS) is 1. The highest BCUT2D eigenvalue weighted by Crippen LogP contribution is 2.38. The summed E-state index contributed by atoms with van der Waals surface area (Å²) in [5.74, 6) is -0.515. The van der Waals surface area contributed by atoms with Crippen LogP contribution in [-0.2, 0) is 4.79 Å². The Morgan fingerprint density at radius 2 is 1.97 bits per heavy atom. The topological polar surface area (TPSA) is 70.8 Å². The molecule has 30 heavy (non-hydrogen) atoms. The van der Waals surface area contributed by atoms with Gasteiger partial charge in [-0.15, -0.1) is 0 Å². The highest BCUT2D eigenvalue weighted by molar-refractivity contribution is 9.10. The summed E-state index contributed by atoms with van der Waals surface area (Å²) in [4.78, 5) is 26.2. The Kier molecular flexibility index (Phi) is 5.84. The first-order chi connectivity index (χ1) is 14.3. The minimum absolute atomic E-state index is 0.136. The minimum atomic E-state index is -1.04. The maximum atomic E-state index is 12.9. The fraction of sp³-hybridized carbons (Fsp3) is 0. The number of aromatic carboxylic acids is 1. The van der Waals surface area contributed by atoms with Gasteiger partial charge in [-0.3, -0.25) is 9.69 Å². The van der Waals surface area contributed by atoms with Crippen molar-refractivity contribution < 1.29 is 19.1 Å². The number of rotatable bonds is 4. The number of amides is 1. The highest BCUT2D eigenvalue weighted by atomic mass is 79.9. The summed E-state index contributed by atoms with van der Waals surface area (Å²) < 4.78 is 6.89. The van der Waals surface area contributed by atoms with Gasteiger partial charge in [0.05, 0.1) is 21.2 Å². The molecule has 2 heterocycles. The molecule has 0 aliphatic carbocycles. The van der Waals surface area contributed by atoms with E-state index in [1.807, 2.05) is 0 Å². The number of hydrogen-bond donors (Lipinski definition) is 1. The second-order valence-corrected chi connectivity index (χ2v) is 9.11. The molecule has 150 valence electrons. The second kappa shape index (κ2) is 8.39. The van der Waals surface area contributed by atoms with Crippen LogP contribution in [0.15, 0.2) is 68.4 Å². The molecule has 1 fully saturated rings. The third-order valence-electron chi connectivity index (χ3n) is 4.28. The van der Waals surface area contributed by atoms with Crippen molar-refractivity contribution in [2.75, 3.05) is 4.90 Å². The Bertz CT molecular complexity index is 1240. The highest BCUT2D eigenvalue weighted by Gasteiger charge is 2.33. The monoisotopic (exact) mass is 519 g/mol. The van der Waals surface area contributed by atoms with E-state index in [1.165, 1.54) is 11.0 Å². The molecule has 5 nitrogen and oxygen atoms in total. The van der Waals surface area contributed by atoms with Crippen LogP contribution in [0.5, 0.6) is 0 Å². The van der Waals surface area contributed by atoms with Crippen LogP contribution in [0, 0.1) is 0 Å². The number of carbonyl (C=O) groups is 2. The van der Waals surface area contributed by atoms with Crippen molar-refractivity contribution in [3.63, 3.8) is 0 Å². The van der Waals surface area contributed by atoms with Crippen LogP contribution >= 0.6 is 51.5 Å². The molecule has 2 aromatic carbocycles. The summed E-state index contributed by atoms with van der Waals surface area (Å²) in [6.45, 7) is 0. The van der Waals surface area contributed by atoms with Crippen molar-refractivity contribution in [2.45, 2.75) is 0 Å². The summed E-state index contributed by atoms with van der Waals surface area (Å²) in [7, 11) is 0. The zero-order chi connectivity index (χ0) is 21.4. The van der Waals surface area contributed by atoms with Crippen molar-refractivity contribution in [3.05, 3.63) is 80.3 Å². The van der Waals surface area contributed by atoms with Crippen LogP contribution in [0.4, 0.5) is 5.69 Å². The summed E-state index contributed by atoms with van der Waals surface area (Å²) in [6, 6.07) is 15.1. The third-order valence-corrected chi connectivity index (χ3v) is 6.81. The molecule has 1 amide bonds. The Morgan fingerprint density at radius 1 is 1.20 bits per heavy atom. The van der Waals surface area contributed by atoms with Crippen LogP contribution in [0.2, 0.25) is 5.02 Å². The fourth-order valence-electron chi connectivity index (χ4n) is 2.90. The van der Waals surface area contributed by atoms with Crippen LogP contribution in [-0.4, -0.2) is 21.3 Å². The molecule has 0 saturated carbocycles. The van der Waals surface area contributed by atoms with Gasteiger partial charge < -0.3 is 9.52 Å². The SMILES string of the molecule is O=C(O)c1ccccc1-c1ccc(/C=C2\SC(=S)N(c3ccc(Br)c(Cl)c3)C2=O)o1. The summed E-state index contributed by atoms with van der Waals surface area (Å²) >= 11 is 16.0.